The van der Waals surface area contributed by atoms with Crippen molar-refractivity contribution in [3.05, 3.63) is 88.6 Å². The highest BCUT2D eigenvalue weighted by molar-refractivity contribution is 5.95. The Morgan fingerprint density at radius 1 is 0.971 bits per heavy atom. The first-order chi connectivity index (χ1) is 16.4. The molecule has 0 aliphatic carbocycles. The fourth-order valence-corrected chi connectivity index (χ4v) is 3.28. The Morgan fingerprint density at radius 3 is 2.32 bits per heavy atom. The van der Waals surface area contributed by atoms with E-state index in [9.17, 15) is 19.2 Å². The van der Waals surface area contributed by atoms with Gasteiger partial charge in [0, 0.05) is 6.08 Å². The quantitative estimate of drug-likeness (QED) is 0.350. The van der Waals surface area contributed by atoms with Gasteiger partial charge in [-0.2, -0.15) is 0 Å². The topological polar surface area (TPSA) is 120 Å². The van der Waals surface area contributed by atoms with Gasteiger partial charge in [0.15, 0.2) is 0 Å². The molecule has 34 heavy (non-hydrogen) atoms. The summed E-state index contributed by atoms with van der Waals surface area (Å²) >= 11 is 0. The minimum Gasteiger partial charge on any atom is -0.465 e. The van der Waals surface area contributed by atoms with Crippen molar-refractivity contribution in [1.29, 1.82) is 0 Å². The van der Waals surface area contributed by atoms with Crippen LogP contribution in [0.5, 0.6) is 0 Å². The van der Waals surface area contributed by atoms with E-state index in [0.29, 0.717) is 16.7 Å². The zero-order valence-corrected chi connectivity index (χ0v) is 18.7. The molecule has 2 N–H and O–H groups in total. The van der Waals surface area contributed by atoms with Crippen LogP contribution in [-0.4, -0.2) is 44.3 Å². The van der Waals surface area contributed by atoms with E-state index in [4.69, 9.17) is 9.47 Å². The van der Waals surface area contributed by atoms with E-state index in [1.807, 2.05) is 6.07 Å². The van der Waals surface area contributed by atoms with Crippen molar-refractivity contribution in [2.45, 2.75) is 13.0 Å². The van der Waals surface area contributed by atoms with Crippen LogP contribution < -0.4 is 10.6 Å². The van der Waals surface area contributed by atoms with E-state index in [0.717, 1.165) is 0 Å². The molecule has 1 atom stereocenters. The molecule has 0 saturated carbocycles. The standard InChI is InChI=1S/C25H24N2O7/c1-3-33-24(30)21-19(26-25(31)27-22(21)17-7-5-4-6-8-17)15-34-20(28)14-11-16-9-12-18(13-10-16)23(29)32-2/h4-14,22H,3,15H2,1-2H3,(H2,26,27,31)/b14-11+. The average molecular weight is 464 g/mol. The van der Waals surface area contributed by atoms with Crippen LogP contribution in [0.3, 0.4) is 0 Å². The van der Waals surface area contributed by atoms with Crippen molar-refractivity contribution >= 4 is 30.0 Å². The van der Waals surface area contributed by atoms with Gasteiger partial charge in [-0.25, -0.2) is 19.2 Å². The van der Waals surface area contributed by atoms with Crippen LogP contribution in [0.1, 0.15) is 34.5 Å². The van der Waals surface area contributed by atoms with Gasteiger partial charge in [-0.1, -0.05) is 42.5 Å². The van der Waals surface area contributed by atoms with Gasteiger partial charge in [-0.3, -0.25) is 0 Å². The lowest BCUT2D eigenvalue weighted by Gasteiger charge is -2.29. The highest BCUT2D eigenvalue weighted by Crippen LogP contribution is 2.27. The SMILES string of the molecule is CCOC(=O)C1=C(COC(=O)/C=C/c2ccc(C(=O)OC)cc2)NC(=O)NC1c1ccccc1. The molecule has 1 aliphatic heterocycles. The van der Waals surface area contributed by atoms with Crippen molar-refractivity contribution in [2.75, 3.05) is 20.3 Å². The summed E-state index contributed by atoms with van der Waals surface area (Å²) in [6, 6.07) is 14.1. The Hall–Kier alpha value is -4.40. The largest absolute Gasteiger partial charge is 0.465 e. The fourth-order valence-electron chi connectivity index (χ4n) is 3.28. The Morgan fingerprint density at radius 2 is 1.68 bits per heavy atom. The average Bonchev–Trinajstić information content (AvgIpc) is 2.86. The van der Waals surface area contributed by atoms with Crippen LogP contribution in [0, 0.1) is 0 Å². The van der Waals surface area contributed by atoms with Gasteiger partial charge in [0.1, 0.15) is 6.61 Å². The predicted molar refractivity (Wildman–Crippen MR) is 122 cm³/mol. The second kappa shape index (κ2) is 11.5. The number of rotatable bonds is 8. The summed E-state index contributed by atoms with van der Waals surface area (Å²) in [5.74, 6) is -1.77. The normalized spacial score (nSPS) is 15.4. The molecule has 0 saturated heterocycles. The molecule has 1 heterocycles. The monoisotopic (exact) mass is 464 g/mol. The lowest BCUT2D eigenvalue weighted by atomic mass is 9.95. The minimum absolute atomic E-state index is 0.139. The number of amides is 2. The van der Waals surface area contributed by atoms with Crippen molar-refractivity contribution in [3.8, 4) is 0 Å². The van der Waals surface area contributed by atoms with Gasteiger partial charge in [0.2, 0.25) is 0 Å². The molecule has 0 fully saturated rings. The minimum atomic E-state index is -0.758. The van der Waals surface area contributed by atoms with Crippen LogP contribution >= 0.6 is 0 Å². The zero-order valence-electron chi connectivity index (χ0n) is 18.7. The molecule has 9 heteroatoms. The maximum absolute atomic E-state index is 12.7. The second-order valence-corrected chi connectivity index (χ2v) is 7.11. The lowest BCUT2D eigenvalue weighted by molar-refractivity contribution is -0.140. The number of carbonyl (C=O) groups excluding carboxylic acids is 4. The number of esters is 3. The number of urea groups is 1. The van der Waals surface area contributed by atoms with Gasteiger partial charge < -0.3 is 24.8 Å². The molecule has 1 unspecified atom stereocenters. The molecule has 3 rings (SSSR count). The first-order valence-electron chi connectivity index (χ1n) is 10.5. The molecule has 9 nitrogen and oxygen atoms in total. The summed E-state index contributed by atoms with van der Waals surface area (Å²) in [4.78, 5) is 48.7. The van der Waals surface area contributed by atoms with Crippen molar-refractivity contribution in [1.82, 2.24) is 10.6 Å². The molecule has 1 aliphatic rings. The van der Waals surface area contributed by atoms with Gasteiger partial charge in [0.25, 0.3) is 0 Å². The Labute approximate surface area is 196 Å². The summed E-state index contributed by atoms with van der Waals surface area (Å²) in [6.45, 7) is 1.48. The number of benzene rings is 2. The van der Waals surface area contributed by atoms with Crippen molar-refractivity contribution in [3.63, 3.8) is 0 Å². The smallest absolute Gasteiger partial charge is 0.338 e. The summed E-state index contributed by atoms with van der Waals surface area (Å²) in [5.41, 5.74) is 2.02. The molecule has 2 amide bonds. The van der Waals surface area contributed by atoms with Crippen LogP contribution in [0.15, 0.2) is 71.9 Å². The van der Waals surface area contributed by atoms with E-state index < -0.39 is 30.0 Å². The number of nitrogens with one attached hydrogen (secondary N) is 2. The fraction of sp³-hybridized carbons (Fsp3) is 0.200. The van der Waals surface area contributed by atoms with Crippen LogP contribution in [0.4, 0.5) is 4.79 Å². The number of hydrogen-bond acceptors (Lipinski definition) is 7. The van der Waals surface area contributed by atoms with Gasteiger partial charge in [-0.05, 0) is 36.3 Å². The molecule has 2 aromatic carbocycles. The maximum Gasteiger partial charge on any atom is 0.338 e. The summed E-state index contributed by atoms with van der Waals surface area (Å²) in [7, 11) is 1.29. The molecule has 0 aromatic heterocycles. The molecule has 0 radical (unpaired) electrons. The molecular weight excluding hydrogens is 440 g/mol. The molecule has 2 aromatic rings. The Bertz CT molecular complexity index is 1120. The van der Waals surface area contributed by atoms with Gasteiger partial charge in [-0.15, -0.1) is 0 Å². The summed E-state index contributed by atoms with van der Waals surface area (Å²) in [6.07, 6.45) is 2.72. The number of methoxy groups -OCH3 is 1. The van der Waals surface area contributed by atoms with Gasteiger partial charge >= 0.3 is 23.9 Å². The zero-order chi connectivity index (χ0) is 24.5. The third kappa shape index (κ3) is 6.10. The maximum atomic E-state index is 12.7. The number of hydrogen-bond donors (Lipinski definition) is 2. The van der Waals surface area contributed by atoms with Crippen LogP contribution in [0.2, 0.25) is 0 Å². The first kappa shape index (κ1) is 24.2. The van der Waals surface area contributed by atoms with Crippen molar-refractivity contribution in [2.24, 2.45) is 0 Å². The first-order valence-corrected chi connectivity index (χ1v) is 10.5. The van der Waals surface area contributed by atoms with Crippen molar-refractivity contribution < 1.29 is 33.4 Å². The van der Waals surface area contributed by atoms with E-state index in [1.54, 1.807) is 55.5 Å². The van der Waals surface area contributed by atoms with Crippen LogP contribution in [-0.2, 0) is 23.8 Å². The summed E-state index contributed by atoms with van der Waals surface area (Å²) in [5, 5.41) is 5.25. The van der Waals surface area contributed by atoms with E-state index >= 15 is 0 Å². The molecule has 0 bridgehead atoms. The Kier molecular flexibility index (Phi) is 8.17. The predicted octanol–water partition coefficient (Wildman–Crippen LogP) is 2.90. The third-order valence-corrected chi connectivity index (χ3v) is 4.88. The van der Waals surface area contributed by atoms with Crippen LogP contribution in [0.25, 0.3) is 6.08 Å². The molecular formula is C25H24N2O7. The van der Waals surface area contributed by atoms with E-state index in [1.165, 1.54) is 19.3 Å². The second-order valence-electron chi connectivity index (χ2n) is 7.11. The summed E-state index contributed by atoms with van der Waals surface area (Å²) < 4.78 is 15.1. The Balaban J connectivity index is 1.76. The van der Waals surface area contributed by atoms with Gasteiger partial charge in [0.05, 0.1) is 36.6 Å². The number of carbonyl (C=O) groups is 4. The van der Waals surface area contributed by atoms with E-state index in [2.05, 4.69) is 15.4 Å². The highest BCUT2D eigenvalue weighted by Gasteiger charge is 2.34. The highest BCUT2D eigenvalue weighted by atomic mass is 16.5. The third-order valence-electron chi connectivity index (χ3n) is 4.88. The number of ether oxygens (including phenoxy) is 3. The molecule has 0 spiro atoms. The molecule has 176 valence electrons. The lowest BCUT2D eigenvalue weighted by Crippen LogP contribution is -2.47. The van der Waals surface area contributed by atoms with E-state index in [-0.39, 0.29) is 24.5 Å².